The van der Waals surface area contributed by atoms with Crippen LogP contribution in [0.5, 0.6) is 0 Å². The standard InChI is InChI=1S/C17H33NO3/c1-5-9-10-11-12-16(19)14-18(7-3,8-4)13-15(6-2)17(20)21/h14-15H,5-13H2,1-4H3,(H-,19,20,21)/b16-14-. The third-order valence-electron chi connectivity index (χ3n) is 4.38. The van der Waals surface area contributed by atoms with Crippen LogP contribution in [0, 0.1) is 5.92 Å². The predicted octanol–water partition coefficient (Wildman–Crippen LogP) is 2.99. The van der Waals surface area contributed by atoms with Crippen LogP contribution in [0.4, 0.5) is 0 Å². The number of hydrogen-bond donors (Lipinski definition) is 1. The third kappa shape index (κ3) is 7.51. The van der Waals surface area contributed by atoms with Crippen molar-refractivity contribution in [3.05, 3.63) is 12.0 Å². The van der Waals surface area contributed by atoms with E-state index in [-0.39, 0.29) is 0 Å². The van der Waals surface area contributed by atoms with Crippen molar-refractivity contribution in [2.75, 3.05) is 19.6 Å². The molecule has 0 rings (SSSR count). The Hall–Kier alpha value is -1.03. The fourth-order valence-electron chi connectivity index (χ4n) is 2.64. The van der Waals surface area contributed by atoms with Gasteiger partial charge in [0, 0.05) is 12.3 Å². The van der Waals surface area contributed by atoms with Gasteiger partial charge in [-0.15, -0.1) is 0 Å². The molecule has 0 aliphatic rings. The number of allylic oxidation sites excluding steroid dienone is 1. The number of unbranched alkanes of at least 4 members (excludes halogenated alkanes) is 3. The lowest BCUT2D eigenvalue weighted by Gasteiger charge is -2.36. The number of carbonyl (C=O) groups excluding carboxylic acids is 1. The molecule has 1 N–H and O–H groups in total. The number of carboxylic acids is 1. The maximum Gasteiger partial charge on any atom is 0.145 e. The minimum absolute atomic E-state index is 0.392. The van der Waals surface area contributed by atoms with Crippen LogP contribution in [0.2, 0.25) is 0 Å². The van der Waals surface area contributed by atoms with E-state index >= 15 is 0 Å². The van der Waals surface area contributed by atoms with Gasteiger partial charge in [0.15, 0.2) is 0 Å². The quantitative estimate of drug-likeness (QED) is 0.342. The molecule has 0 heterocycles. The fraction of sp³-hybridized carbons (Fsp3) is 0.824. The average molecular weight is 299 g/mol. The summed E-state index contributed by atoms with van der Waals surface area (Å²) in [6.45, 7) is 10.1. The van der Waals surface area contributed by atoms with Crippen LogP contribution in [0.3, 0.4) is 0 Å². The van der Waals surface area contributed by atoms with E-state index in [0.29, 0.717) is 29.6 Å². The zero-order chi connectivity index (χ0) is 16.3. The lowest BCUT2D eigenvalue weighted by Crippen LogP contribution is -2.50. The van der Waals surface area contributed by atoms with Crippen molar-refractivity contribution in [1.29, 1.82) is 0 Å². The third-order valence-corrected chi connectivity index (χ3v) is 4.38. The van der Waals surface area contributed by atoms with Crippen LogP contribution >= 0.6 is 0 Å². The monoisotopic (exact) mass is 299 g/mol. The van der Waals surface area contributed by atoms with E-state index in [1.165, 1.54) is 12.8 Å². The normalized spacial score (nSPS) is 14.2. The molecule has 0 aromatic rings. The predicted molar refractivity (Wildman–Crippen MR) is 84.5 cm³/mol. The van der Waals surface area contributed by atoms with Gasteiger partial charge in [-0.2, -0.15) is 0 Å². The first-order chi connectivity index (χ1) is 9.94. The minimum Gasteiger partial charge on any atom is -0.550 e. The number of hydrogen-bond acceptors (Lipinski definition) is 3. The van der Waals surface area contributed by atoms with E-state index in [4.69, 9.17) is 0 Å². The molecule has 4 heteroatoms. The summed E-state index contributed by atoms with van der Waals surface area (Å²) in [6, 6.07) is 0. The van der Waals surface area contributed by atoms with Crippen molar-refractivity contribution in [2.24, 2.45) is 5.92 Å². The van der Waals surface area contributed by atoms with Gasteiger partial charge in [-0.25, -0.2) is 0 Å². The molecule has 124 valence electrons. The number of carbonyl (C=O) groups is 1. The summed E-state index contributed by atoms with van der Waals surface area (Å²) in [6.07, 6.45) is 7.59. The van der Waals surface area contributed by atoms with Gasteiger partial charge in [0.05, 0.1) is 25.6 Å². The van der Waals surface area contributed by atoms with Crippen LogP contribution in [0.15, 0.2) is 12.0 Å². The van der Waals surface area contributed by atoms with Crippen molar-refractivity contribution in [1.82, 2.24) is 0 Å². The van der Waals surface area contributed by atoms with Crippen LogP contribution in [0.25, 0.3) is 0 Å². The van der Waals surface area contributed by atoms with E-state index in [9.17, 15) is 15.0 Å². The number of carboxylic acid groups (broad SMARTS) is 1. The maximum atomic E-state index is 11.2. The van der Waals surface area contributed by atoms with E-state index in [0.717, 1.165) is 25.9 Å². The molecule has 0 amide bonds. The Labute approximate surface area is 130 Å². The van der Waals surface area contributed by atoms with E-state index in [1.54, 1.807) is 0 Å². The van der Waals surface area contributed by atoms with Crippen molar-refractivity contribution in [3.8, 4) is 0 Å². The summed E-state index contributed by atoms with van der Waals surface area (Å²) in [5.74, 6) is -1.06. The average Bonchev–Trinajstić information content (AvgIpc) is 2.47. The SMILES string of the molecule is CCCCCC/C(O)=C/[N+](CC)(CC)CC(CC)C(=O)[O-]. The van der Waals surface area contributed by atoms with Crippen LogP contribution in [0.1, 0.15) is 66.2 Å². The molecule has 0 saturated heterocycles. The lowest BCUT2D eigenvalue weighted by atomic mass is 10.0. The Morgan fingerprint density at radius 2 is 1.76 bits per heavy atom. The molecular formula is C17H33NO3. The summed E-state index contributed by atoms with van der Waals surface area (Å²) in [5.41, 5.74) is 0. The summed E-state index contributed by atoms with van der Waals surface area (Å²) >= 11 is 0. The summed E-state index contributed by atoms with van der Waals surface area (Å²) in [7, 11) is 0. The first-order valence-corrected chi connectivity index (χ1v) is 8.41. The molecule has 0 spiro atoms. The van der Waals surface area contributed by atoms with E-state index in [2.05, 4.69) is 6.92 Å². The van der Waals surface area contributed by atoms with Gasteiger partial charge in [0.1, 0.15) is 12.0 Å². The Balaban J connectivity index is 4.80. The second-order valence-corrected chi connectivity index (χ2v) is 5.89. The Morgan fingerprint density at radius 1 is 1.14 bits per heavy atom. The van der Waals surface area contributed by atoms with Gasteiger partial charge in [0.25, 0.3) is 0 Å². The molecule has 0 aromatic carbocycles. The molecule has 1 atom stereocenters. The fourth-order valence-corrected chi connectivity index (χ4v) is 2.64. The van der Waals surface area contributed by atoms with Gasteiger partial charge >= 0.3 is 0 Å². The van der Waals surface area contributed by atoms with E-state index < -0.39 is 11.9 Å². The highest BCUT2D eigenvalue weighted by atomic mass is 16.4. The number of quaternary nitrogens is 1. The summed E-state index contributed by atoms with van der Waals surface area (Å²) < 4.78 is 0.506. The maximum absolute atomic E-state index is 11.2. The molecule has 0 fully saturated rings. The molecular weight excluding hydrogens is 266 g/mol. The highest BCUT2D eigenvalue weighted by Gasteiger charge is 2.27. The molecule has 0 aliphatic carbocycles. The zero-order valence-electron chi connectivity index (χ0n) is 14.2. The van der Waals surface area contributed by atoms with Gasteiger partial charge in [-0.3, -0.25) is 4.48 Å². The van der Waals surface area contributed by atoms with Crippen molar-refractivity contribution in [2.45, 2.75) is 66.2 Å². The highest BCUT2D eigenvalue weighted by molar-refractivity contribution is 5.67. The number of aliphatic hydroxyl groups excluding tert-OH is 1. The number of rotatable bonds is 12. The number of aliphatic carboxylic acids is 1. The van der Waals surface area contributed by atoms with Crippen LogP contribution in [-0.4, -0.2) is 35.2 Å². The molecule has 21 heavy (non-hydrogen) atoms. The zero-order valence-corrected chi connectivity index (χ0v) is 14.2. The Bertz CT molecular complexity index is 322. The van der Waals surface area contributed by atoms with Gasteiger partial charge in [-0.05, 0) is 26.7 Å². The number of aliphatic hydroxyl groups is 1. The molecule has 0 radical (unpaired) electrons. The first-order valence-electron chi connectivity index (χ1n) is 8.41. The Kier molecular flexibility index (Phi) is 10.1. The second kappa shape index (κ2) is 10.7. The molecule has 0 aromatic heterocycles. The molecule has 0 saturated carbocycles. The van der Waals surface area contributed by atoms with Crippen molar-refractivity contribution >= 4 is 5.97 Å². The van der Waals surface area contributed by atoms with Gasteiger partial charge in [-0.1, -0.05) is 33.1 Å². The van der Waals surface area contributed by atoms with Crippen LogP contribution in [-0.2, 0) is 4.79 Å². The number of nitrogens with zero attached hydrogens (tertiary/aromatic N) is 1. The molecule has 0 bridgehead atoms. The van der Waals surface area contributed by atoms with Gasteiger partial charge in [0.2, 0.25) is 0 Å². The minimum atomic E-state index is -0.988. The summed E-state index contributed by atoms with van der Waals surface area (Å²) in [4.78, 5) is 11.2. The smallest absolute Gasteiger partial charge is 0.145 e. The van der Waals surface area contributed by atoms with Crippen LogP contribution < -0.4 is 5.11 Å². The largest absolute Gasteiger partial charge is 0.550 e. The molecule has 4 nitrogen and oxygen atoms in total. The molecule has 0 aliphatic heterocycles. The van der Waals surface area contributed by atoms with E-state index in [1.807, 2.05) is 27.0 Å². The highest BCUT2D eigenvalue weighted by Crippen LogP contribution is 2.18. The van der Waals surface area contributed by atoms with Crippen molar-refractivity contribution < 1.29 is 19.5 Å². The molecule has 1 unspecified atom stereocenters. The van der Waals surface area contributed by atoms with Gasteiger partial charge < -0.3 is 15.0 Å². The lowest BCUT2D eigenvalue weighted by molar-refractivity contribution is -0.879. The summed E-state index contributed by atoms with van der Waals surface area (Å²) in [5, 5.41) is 21.3. The van der Waals surface area contributed by atoms with Crippen molar-refractivity contribution in [3.63, 3.8) is 0 Å². The first kappa shape index (κ1) is 20.0. The topological polar surface area (TPSA) is 60.4 Å². The second-order valence-electron chi connectivity index (χ2n) is 5.89. The Morgan fingerprint density at radius 3 is 2.19 bits per heavy atom.